The third kappa shape index (κ3) is 2.37. The van der Waals surface area contributed by atoms with Gasteiger partial charge in [-0.3, -0.25) is 0 Å². The number of hydrogen-bond acceptors (Lipinski definition) is 3. The van der Waals surface area contributed by atoms with E-state index in [0.29, 0.717) is 0 Å². The predicted molar refractivity (Wildman–Crippen MR) is 78.2 cm³/mol. The van der Waals surface area contributed by atoms with Gasteiger partial charge in [-0.2, -0.15) is 5.10 Å². The summed E-state index contributed by atoms with van der Waals surface area (Å²) >= 11 is 0. The van der Waals surface area contributed by atoms with Gasteiger partial charge in [0.15, 0.2) is 5.65 Å². The number of rotatable bonds is 4. The molecule has 0 saturated heterocycles. The van der Waals surface area contributed by atoms with Crippen LogP contribution in [0.2, 0.25) is 0 Å². The molecule has 4 heteroatoms. The van der Waals surface area contributed by atoms with Gasteiger partial charge in [0.2, 0.25) is 0 Å². The highest BCUT2D eigenvalue weighted by Gasteiger charge is 2.07. The maximum absolute atomic E-state index is 5.33. The molecule has 3 rings (SSSR count). The molecule has 2 aromatic heterocycles. The molecule has 4 nitrogen and oxygen atoms in total. The highest BCUT2D eigenvalue weighted by Crippen LogP contribution is 2.19. The Morgan fingerprint density at radius 2 is 1.85 bits per heavy atom. The van der Waals surface area contributed by atoms with E-state index >= 15 is 0 Å². The summed E-state index contributed by atoms with van der Waals surface area (Å²) < 4.78 is 7.18. The van der Waals surface area contributed by atoms with Crippen molar-refractivity contribution in [2.75, 3.05) is 7.11 Å². The second kappa shape index (κ2) is 5.33. The van der Waals surface area contributed by atoms with Crippen molar-refractivity contribution in [2.45, 2.75) is 19.8 Å². The molecule has 0 N–H and O–H groups in total. The number of nitrogens with zero attached hydrogens (tertiary/aromatic N) is 3. The van der Waals surface area contributed by atoms with Crippen LogP contribution < -0.4 is 4.74 Å². The molecule has 0 atom stereocenters. The van der Waals surface area contributed by atoms with Gasteiger partial charge in [-0.25, -0.2) is 9.50 Å². The number of hydrogen-bond donors (Lipinski definition) is 0. The molecule has 0 aliphatic carbocycles. The van der Waals surface area contributed by atoms with Gasteiger partial charge < -0.3 is 4.74 Å². The van der Waals surface area contributed by atoms with E-state index in [2.05, 4.69) is 41.3 Å². The van der Waals surface area contributed by atoms with E-state index in [1.54, 1.807) is 13.4 Å². The fourth-order valence-electron chi connectivity index (χ4n) is 2.31. The standard InChI is InChI=1S/C16H17N3O/c1-3-12-4-6-13(7-5-12)8-14-9-15(20-2)10-16-17-11-18-19(14)16/h4-7,9-11H,3,8H2,1-2H3. The lowest BCUT2D eigenvalue weighted by molar-refractivity contribution is 0.413. The maximum atomic E-state index is 5.33. The molecule has 2 heterocycles. The normalized spacial score (nSPS) is 10.9. The Morgan fingerprint density at radius 3 is 2.55 bits per heavy atom. The lowest BCUT2D eigenvalue weighted by Gasteiger charge is -2.08. The third-order valence-corrected chi connectivity index (χ3v) is 3.48. The first-order chi connectivity index (χ1) is 9.80. The predicted octanol–water partition coefficient (Wildman–Crippen LogP) is 2.89. The molecule has 0 saturated carbocycles. The average Bonchev–Trinajstić information content (AvgIpc) is 2.96. The van der Waals surface area contributed by atoms with Crippen LogP contribution in [0.1, 0.15) is 23.7 Å². The second-order valence-corrected chi connectivity index (χ2v) is 4.76. The fourth-order valence-corrected chi connectivity index (χ4v) is 2.31. The molecule has 0 bridgehead atoms. The fraction of sp³-hybridized carbons (Fsp3) is 0.250. The zero-order chi connectivity index (χ0) is 13.9. The minimum Gasteiger partial charge on any atom is -0.497 e. The van der Waals surface area contributed by atoms with Gasteiger partial charge in [0, 0.05) is 18.6 Å². The summed E-state index contributed by atoms with van der Waals surface area (Å²) in [5, 5.41) is 4.27. The van der Waals surface area contributed by atoms with Crippen LogP contribution in [0.15, 0.2) is 42.7 Å². The van der Waals surface area contributed by atoms with E-state index < -0.39 is 0 Å². The first-order valence-corrected chi connectivity index (χ1v) is 6.74. The first kappa shape index (κ1) is 12.7. The number of methoxy groups -OCH3 is 1. The largest absolute Gasteiger partial charge is 0.497 e. The molecule has 1 aromatic carbocycles. The Labute approximate surface area is 118 Å². The summed E-state index contributed by atoms with van der Waals surface area (Å²) in [6.07, 6.45) is 3.44. The van der Waals surface area contributed by atoms with Crippen LogP contribution in [0.5, 0.6) is 5.75 Å². The highest BCUT2D eigenvalue weighted by molar-refractivity contribution is 5.46. The smallest absolute Gasteiger partial charge is 0.159 e. The summed E-state index contributed by atoms with van der Waals surface area (Å²) in [4.78, 5) is 4.23. The van der Waals surface area contributed by atoms with Crippen LogP contribution in [-0.2, 0) is 12.8 Å². The van der Waals surface area contributed by atoms with Gasteiger partial charge in [0.1, 0.15) is 12.1 Å². The molecule has 0 radical (unpaired) electrons. The molecular formula is C16H17N3O. The van der Waals surface area contributed by atoms with Crippen molar-refractivity contribution in [1.29, 1.82) is 0 Å². The van der Waals surface area contributed by atoms with E-state index in [4.69, 9.17) is 4.74 Å². The van der Waals surface area contributed by atoms with Crippen molar-refractivity contribution in [1.82, 2.24) is 14.6 Å². The molecular weight excluding hydrogens is 250 g/mol. The average molecular weight is 267 g/mol. The number of aromatic nitrogens is 3. The molecule has 0 aliphatic heterocycles. The van der Waals surface area contributed by atoms with Crippen molar-refractivity contribution in [3.05, 3.63) is 59.5 Å². The van der Waals surface area contributed by atoms with Crippen molar-refractivity contribution < 1.29 is 4.74 Å². The minimum absolute atomic E-state index is 0.807. The van der Waals surface area contributed by atoms with Crippen LogP contribution in [0.3, 0.4) is 0 Å². The van der Waals surface area contributed by atoms with Crippen LogP contribution in [0.4, 0.5) is 0 Å². The van der Waals surface area contributed by atoms with Crippen LogP contribution in [0, 0.1) is 0 Å². The Hall–Kier alpha value is -2.36. The van der Waals surface area contributed by atoms with Crippen LogP contribution >= 0.6 is 0 Å². The zero-order valence-corrected chi connectivity index (χ0v) is 11.7. The Balaban J connectivity index is 1.98. The molecule has 102 valence electrons. The molecule has 3 aromatic rings. The van der Waals surface area contributed by atoms with E-state index in [-0.39, 0.29) is 0 Å². The lowest BCUT2D eigenvalue weighted by atomic mass is 10.1. The summed E-state index contributed by atoms with van der Waals surface area (Å²) in [7, 11) is 1.67. The summed E-state index contributed by atoms with van der Waals surface area (Å²) in [6.45, 7) is 2.16. The monoisotopic (exact) mass is 267 g/mol. The quantitative estimate of drug-likeness (QED) is 0.729. The number of pyridine rings is 1. The SMILES string of the molecule is CCc1ccc(Cc2cc(OC)cc3ncnn23)cc1. The van der Waals surface area contributed by atoms with Gasteiger partial charge >= 0.3 is 0 Å². The minimum atomic E-state index is 0.807. The van der Waals surface area contributed by atoms with E-state index in [0.717, 1.165) is 29.9 Å². The Morgan fingerprint density at radius 1 is 1.10 bits per heavy atom. The van der Waals surface area contributed by atoms with Gasteiger partial charge in [-0.1, -0.05) is 31.2 Å². The van der Waals surface area contributed by atoms with Crippen molar-refractivity contribution in [3.8, 4) is 5.75 Å². The topological polar surface area (TPSA) is 39.4 Å². The van der Waals surface area contributed by atoms with Crippen molar-refractivity contribution in [3.63, 3.8) is 0 Å². The van der Waals surface area contributed by atoms with E-state index in [9.17, 15) is 0 Å². The van der Waals surface area contributed by atoms with Gasteiger partial charge in [0.25, 0.3) is 0 Å². The molecule has 20 heavy (non-hydrogen) atoms. The summed E-state index contributed by atoms with van der Waals surface area (Å²) in [6, 6.07) is 12.6. The molecule has 0 aliphatic rings. The zero-order valence-electron chi connectivity index (χ0n) is 11.7. The third-order valence-electron chi connectivity index (χ3n) is 3.48. The highest BCUT2D eigenvalue weighted by atomic mass is 16.5. The van der Waals surface area contributed by atoms with Crippen molar-refractivity contribution >= 4 is 5.65 Å². The number of ether oxygens (including phenoxy) is 1. The van der Waals surface area contributed by atoms with Gasteiger partial charge in [-0.15, -0.1) is 0 Å². The van der Waals surface area contributed by atoms with E-state index in [1.165, 1.54) is 11.1 Å². The van der Waals surface area contributed by atoms with Gasteiger partial charge in [-0.05, 0) is 17.5 Å². The van der Waals surface area contributed by atoms with Gasteiger partial charge in [0.05, 0.1) is 12.8 Å². The number of benzene rings is 1. The van der Waals surface area contributed by atoms with Crippen LogP contribution in [-0.4, -0.2) is 21.7 Å². The van der Waals surface area contributed by atoms with Crippen molar-refractivity contribution in [2.24, 2.45) is 0 Å². The summed E-state index contributed by atoms with van der Waals surface area (Å²) in [5.41, 5.74) is 4.49. The summed E-state index contributed by atoms with van der Waals surface area (Å²) in [5.74, 6) is 0.811. The van der Waals surface area contributed by atoms with E-state index in [1.807, 2.05) is 16.6 Å². The Kier molecular flexibility index (Phi) is 3.37. The second-order valence-electron chi connectivity index (χ2n) is 4.76. The lowest BCUT2D eigenvalue weighted by Crippen LogP contribution is -2.01. The molecule has 0 amide bonds. The van der Waals surface area contributed by atoms with Crippen LogP contribution in [0.25, 0.3) is 5.65 Å². The maximum Gasteiger partial charge on any atom is 0.159 e. The molecule has 0 unspecified atom stereocenters. The number of aryl methyl sites for hydroxylation is 1. The Bertz CT molecular complexity index is 716. The number of fused-ring (bicyclic) bond motifs is 1. The molecule has 0 fully saturated rings. The molecule has 0 spiro atoms. The first-order valence-electron chi connectivity index (χ1n) is 6.74.